The van der Waals surface area contributed by atoms with Crippen molar-refractivity contribution in [3.8, 4) is 0 Å². The monoisotopic (exact) mass is 467 g/mol. The highest BCUT2D eigenvalue weighted by Crippen LogP contribution is 2.29. The van der Waals surface area contributed by atoms with Crippen molar-refractivity contribution in [2.75, 3.05) is 22.7 Å². The molecule has 1 fully saturated rings. The fraction of sp³-hybridized carbons (Fsp3) is 0.368. The summed E-state index contributed by atoms with van der Waals surface area (Å²) in [6.07, 6.45) is 6.67. The average molecular weight is 468 g/mol. The molecular weight excluding hydrogens is 446 g/mol. The highest BCUT2D eigenvalue weighted by Gasteiger charge is 2.22. The lowest BCUT2D eigenvalue weighted by Crippen LogP contribution is -2.29. The van der Waals surface area contributed by atoms with E-state index in [2.05, 4.69) is 25.6 Å². The Hall–Kier alpha value is -2.13. The number of carboxylic acid groups (broad SMARTS) is 1. The lowest BCUT2D eigenvalue weighted by Gasteiger charge is -2.28. The SMILES string of the molecule is O=C(O)c1cnc(N2CCCCCCC2)c(NS(=O)(=O)c2ccc(Br)cc2)c1. The van der Waals surface area contributed by atoms with Crippen LogP contribution in [-0.4, -0.2) is 37.6 Å². The molecule has 3 rings (SSSR count). The quantitative estimate of drug-likeness (QED) is 0.685. The van der Waals surface area contributed by atoms with E-state index in [0.29, 0.717) is 5.82 Å². The van der Waals surface area contributed by atoms with Crippen LogP contribution in [0.4, 0.5) is 11.5 Å². The number of carbonyl (C=O) groups is 1. The van der Waals surface area contributed by atoms with Gasteiger partial charge in [-0.05, 0) is 43.2 Å². The number of halogens is 1. The summed E-state index contributed by atoms with van der Waals surface area (Å²) in [7, 11) is -3.88. The third-order valence-corrected chi connectivity index (χ3v) is 6.55. The van der Waals surface area contributed by atoms with Gasteiger partial charge >= 0.3 is 5.97 Å². The summed E-state index contributed by atoms with van der Waals surface area (Å²) in [5, 5.41) is 9.30. The van der Waals surface area contributed by atoms with Crippen LogP contribution in [-0.2, 0) is 10.0 Å². The Balaban J connectivity index is 1.97. The van der Waals surface area contributed by atoms with E-state index in [-0.39, 0.29) is 16.1 Å². The molecule has 1 aromatic carbocycles. The summed E-state index contributed by atoms with van der Waals surface area (Å²) in [6, 6.07) is 7.58. The largest absolute Gasteiger partial charge is 0.478 e. The second-order valence-electron chi connectivity index (χ2n) is 6.71. The first-order valence-electron chi connectivity index (χ1n) is 9.13. The van der Waals surface area contributed by atoms with E-state index in [0.717, 1.165) is 43.2 Å². The van der Waals surface area contributed by atoms with Gasteiger partial charge in [-0.3, -0.25) is 4.72 Å². The Labute approximate surface area is 173 Å². The van der Waals surface area contributed by atoms with Gasteiger partial charge in [0.15, 0.2) is 5.82 Å². The second-order valence-corrected chi connectivity index (χ2v) is 9.31. The summed E-state index contributed by atoms with van der Waals surface area (Å²) in [6.45, 7) is 1.51. The zero-order valence-electron chi connectivity index (χ0n) is 15.3. The second kappa shape index (κ2) is 8.91. The molecule has 1 aliphatic heterocycles. The van der Waals surface area contributed by atoms with Crippen molar-refractivity contribution in [2.24, 2.45) is 0 Å². The van der Waals surface area contributed by atoms with Gasteiger partial charge in [0.1, 0.15) is 0 Å². The molecule has 1 saturated heterocycles. The van der Waals surface area contributed by atoms with Gasteiger partial charge in [0.2, 0.25) is 0 Å². The summed E-state index contributed by atoms with van der Waals surface area (Å²) < 4.78 is 29.0. The van der Waals surface area contributed by atoms with E-state index in [1.54, 1.807) is 12.1 Å². The number of benzene rings is 1. The zero-order valence-corrected chi connectivity index (χ0v) is 17.7. The molecule has 2 heterocycles. The fourth-order valence-electron chi connectivity index (χ4n) is 3.18. The van der Waals surface area contributed by atoms with Gasteiger partial charge in [-0.1, -0.05) is 35.2 Å². The average Bonchev–Trinajstić information content (AvgIpc) is 2.62. The highest BCUT2D eigenvalue weighted by molar-refractivity contribution is 9.10. The number of aromatic carboxylic acids is 1. The maximum atomic E-state index is 12.8. The Morgan fingerprint density at radius 3 is 2.29 bits per heavy atom. The minimum Gasteiger partial charge on any atom is -0.478 e. The Bertz CT molecular complexity index is 940. The van der Waals surface area contributed by atoms with E-state index < -0.39 is 16.0 Å². The molecule has 150 valence electrons. The van der Waals surface area contributed by atoms with Gasteiger partial charge in [-0.2, -0.15) is 0 Å². The summed E-state index contributed by atoms with van der Waals surface area (Å²) in [5.41, 5.74) is 0.118. The summed E-state index contributed by atoms with van der Waals surface area (Å²) in [4.78, 5) is 17.8. The van der Waals surface area contributed by atoms with E-state index in [1.165, 1.54) is 30.8 Å². The molecule has 2 N–H and O–H groups in total. The van der Waals surface area contributed by atoms with Crippen LogP contribution in [0.3, 0.4) is 0 Å². The number of nitrogens with zero attached hydrogens (tertiary/aromatic N) is 2. The third kappa shape index (κ3) is 5.02. The molecule has 0 radical (unpaired) electrons. The van der Waals surface area contributed by atoms with Crippen molar-refractivity contribution in [3.05, 3.63) is 46.6 Å². The highest BCUT2D eigenvalue weighted by atomic mass is 79.9. The standard InChI is InChI=1S/C19H22BrN3O4S/c20-15-6-8-16(9-7-15)28(26,27)22-17-12-14(19(24)25)13-21-18(17)23-10-4-2-1-3-5-11-23/h6-9,12-13,22H,1-5,10-11H2,(H,24,25). The van der Waals surface area contributed by atoms with Gasteiger partial charge < -0.3 is 10.0 Å². The van der Waals surface area contributed by atoms with Gasteiger partial charge in [-0.25, -0.2) is 18.2 Å². The first kappa shape index (κ1) is 20.6. The predicted octanol–water partition coefficient (Wildman–Crippen LogP) is 4.11. The number of aromatic nitrogens is 1. The maximum Gasteiger partial charge on any atom is 0.337 e. The molecule has 28 heavy (non-hydrogen) atoms. The molecule has 0 unspecified atom stereocenters. The number of sulfonamides is 1. The van der Waals surface area contributed by atoms with Crippen LogP contribution >= 0.6 is 15.9 Å². The van der Waals surface area contributed by atoms with Crippen LogP contribution in [0.15, 0.2) is 45.9 Å². The number of carboxylic acids is 1. The molecule has 0 aliphatic carbocycles. The maximum absolute atomic E-state index is 12.8. The van der Waals surface area contributed by atoms with E-state index in [4.69, 9.17) is 0 Å². The first-order chi connectivity index (χ1) is 13.4. The molecule has 2 aromatic rings. The smallest absolute Gasteiger partial charge is 0.337 e. The minimum atomic E-state index is -3.88. The van der Waals surface area contributed by atoms with Crippen LogP contribution < -0.4 is 9.62 Å². The zero-order chi connectivity index (χ0) is 20.1. The molecule has 9 heteroatoms. The number of hydrogen-bond acceptors (Lipinski definition) is 5. The van der Waals surface area contributed by atoms with Crippen LogP contribution in [0.5, 0.6) is 0 Å². The fourth-order valence-corrected chi connectivity index (χ4v) is 4.49. The van der Waals surface area contributed by atoms with Gasteiger partial charge in [0.25, 0.3) is 10.0 Å². The third-order valence-electron chi connectivity index (χ3n) is 4.64. The van der Waals surface area contributed by atoms with Crippen molar-refractivity contribution < 1.29 is 18.3 Å². The molecule has 0 bridgehead atoms. The van der Waals surface area contributed by atoms with Crippen LogP contribution in [0.1, 0.15) is 42.5 Å². The van der Waals surface area contributed by atoms with Crippen molar-refractivity contribution in [2.45, 2.75) is 37.0 Å². The van der Waals surface area contributed by atoms with Crippen molar-refractivity contribution >= 4 is 43.4 Å². The number of hydrogen-bond donors (Lipinski definition) is 2. The summed E-state index contributed by atoms with van der Waals surface area (Å²) >= 11 is 3.28. The molecule has 0 spiro atoms. The molecular formula is C19H22BrN3O4S. The molecule has 7 nitrogen and oxygen atoms in total. The lowest BCUT2D eigenvalue weighted by molar-refractivity contribution is 0.0696. The number of rotatable bonds is 5. The molecule has 1 aliphatic rings. The normalized spacial score (nSPS) is 15.5. The van der Waals surface area contributed by atoms with Crippen LogP contribution in [0, 0.1) is 0 Å². The molecule has 0 amide bonds. The Kier molecular flexibility index (Phi) is 6.56. The number of pyridine rings is 1. The molecule has 0 atom stereocenters. The number of nitrogens with one attached hydrogen (secondary N) is 1. The topological polar surface area (TPSA) is 99.6 Å². The van der Waals surface area contributed by atoms with Gasteiger partial charge in [0, 0.05) is 23.8 Å². The van der Waals surface area contributed by atoms with E-state index in [9.17, 15) is 18.3 Å². The molecule has 1 aromatic heterocycles. The van der Waals surface area contributed by atoms with Gasteiger partial charge in [0.05, 0.1) is 16.1 Å². The van der Waals surface area contributed by atoms with Crippen molar-refractivity contribution in [1.82, 2.24) is 4.98 Å². The Morgan fingerprint density at radius 1 is 1.07 bits per heavy atom. The van der Waals surface area contributed by atoms with E-state index in [1.807, 2.05) is 4.90 Å². The molecule has 0 saturated carbocycles. The first-order valence-corrected chi connectivity index (χ1v) is 11.4. The van der Waals surface area contributed by atoms with E-state index >= 15 is 0 Å². The number of anilines is 2. The minimum absolute atomic E-state index is 0.0655. The van der Waals surface area contributed by atoms with Crippen molar-refractivity contribution in [3.63, 3.8) is 0 Å². The van der Waals surface area contributed by atoms with Crippen LogP contribution in [0.2, 0.25) is 0 Å². The van der Waals surface area contributed by atoms with Crippen molar-refractivity contribution in [1.29, 1.82) is 0 Å². The van der Waals surface area contributed by atoms with Crippen LogP contribution in [0.25, 0.3) is 0 Å². The lowest BCUT2D eigenvalue weighted by atomic mass is 10.1. The summed E-state index contributed by atoms with van der Waals surface area (Å²) in [5.74, 6) is -0.691. The predicted molar refractivity (Wildman–Crippen MR) is 111 cm³/mol. The van der Waals surface area contributed by atoms with Gasteiger partial charge in [-0.15, -0.1) is 0 Å². The Morgan fingerprint density at radius 2 is 1.68 bits per heavy atom.